The van der Waals surface area contributed by atoms with Gasteiger partial charge < -0.3 is 9.84 Å². The SMILES string of the molecule is CCC(C)(O)C(=O)OC(C)C. The average molecular weight is 160 g/mol. The Morgan fingerprint density at radius 1 is 1.64 bits per heavy atom. The van der Waals surface area contributed by atoms with Crippen molar-refractivity contribution in [2.45, 2.75) is 45.8 Å². The molecule has 0 aliphatic heterocycles. The van der Waals surface area contributed by atoms with Crippen molar-refractivity contribution in [2.24, 2.45) is 0 Å². The molecule has 1 atom stereocenters. The summed E-state index contributed by atoms with van der Waals surface area (Å²) in [7, 11) is 0. The average Bonchev–Trinajstić information content (AvgIpc) is 1.86. The van der Waals surface area contributed by atoms with Crippen molar-refractivity contribution in [3.05, 3.63) is 0 Å². The van der Waals surface area contributed by atoms with E-state index in [1.54, 1.807) is 20.8 Å². The summed E-state index contributed by atoms with van der Waals surface area (Å²) in [6.07, 6.45) is 0.207. The maximum atomic E-state index is 11.0. The van der Waals surface area contributed by atoms with Crippen LogP contribution in [0.5, 0.6) is 0 Å². The summed E-state index contributed by atoms with van der Waals surface area (Å²) in [6, 6.07) is 0. The van der Waals surface area contributed by atoms with Crippen LogP contribution in [-0.4, -0.2) is 22.8 Å². The molecule has 0 rings (SSSR count). The van der Waals surface area contributed by atoms with E-state index in [2.05, 4.69) is 0 Å². The molecule has 1 unspecified atom stereocenters. The molecule has 0 radical (unpaired) electrons. The molecule has 3 nitrogen and oxygen atoms in total. The fraction of sp³-hybridized carbons (Fsp3) is 0.875. The molecule has 0 bridgehead atoms. The second-order valence-corrected chi connectivity index (χ2v) is 3.08. The summed E-state index contributed by atoms with van der Waals surface area (Å²) in [6.45, 7) is 6.70. The number of hydrogen-bond donors (Lipinski definition) is 1. The van der Waals surface area contributed by atoms with Gasteiger partial charge in [0.25, 0.3) is 0 Å². The predicted octanol–water partition coefficient (Wildman–Crippen LogP) is 1.10. The molecule has 0 aromatic heterocycles. The molecule has 11 heavy (non-hydrogen) atoms. The number of carbonyl (C=O) groups is 1. The molecule has 3 heteroatoms. The van der Waals surface area contributed by atoms with Crippen LogP contribution in [-0.2, 0) is 9.53 Å². The van der Waals surface area contributed by atoms with Gasteiger partial charge in [0.1, 0.15) is 0 Å². The van der Waals surface area contributed by atoms with E-state index in [1.807, 2.05) is 0 Å². The van der Waals surface area contributed by atoms with Crippen molar-refractivity contribution in [1.29, 1.82) is 0 Å². The second kappa shape index (κ2) is 3.72. The molecule has 0 aliphatic carbocycles. The highest BCUT2D eigenvalue weighted by atomic mass is 16.6. The number of esters is 1. The van der Waals surface area contributed by atoms with Crippen molar-refractivity contribution in [3.63, 3.8) is 0 Å². The maximum Gasteiger partial charge on any atom is 0.338 e. The normalized spacial score (nSPS) is 16.2. The number of ether oxygens (including phenoxy) is 1. The van der Waals surface area contributed by atoms with Gasteiger partial charge in [-0.2, -0.15) is 0 Å². The molecule has 0 aromatic carbocycles. The lowest BCUT2D eigenvalue weighted by Gasteiger charge is -2.20. The first kappa shape index (κ1) is 10.4. The number of rotatable bonds is 3. The van der Waals surface area contributed by atoms with Gasteiger partial charge in [-0.1, -0.05) is 6.92 Å². The molecular formula is C8H16O3. The molecule has 66 valence electrons. The Morgan fingerprint density at radius 2 is 2.09 bits per heavy atom. The quantitative estimate of drug-likeness (QED) is 0.629. The summed E-state index contributed by atoms with van der Waals surface area (Å²) >= 11 is 0. The zero-order valence-corrected chi connectivity index (χ0v) is 7.55. The van der Waals surface area contributed by atoms with E-state index in [-0.39, 0.29) is 6.10 Å². The van der Waals surface area contributed by atoms with Gasteiger partial charge in [-0.25, -0.2) is 4.79 Å². The van der Waals surface area contributed by atoms with Gasteiger partial charge in [0.05, 0.1) is 6.10 Å². The lowest BCUT2D eigenvalue weighted by molar-refractivity contribution is -0.167. The first-order valence-electron chi connectivity index (χ1n) is 3.83. The van der Waals surface area contributed by atoms with E-state index >= 15 is 0 Å². The van der Waals surface area contributed by atoms with Crippen LogP contribution in [0, 0.1) is 0 Å². The van der Waals surface area contributed by atoms with Crippen molar-refractivity contribution in [3.8, 4) is 0 Å². The minimum Gasteiger partial charge on any atom is -0.461 e. The minimum atomic E-state index is -1.33. The lowest BCUT2D eigenvalue weighted by Crippen LogP contribution is -2.37. The van der Waals surface area contributed by atoms with Gasteiger partial charge in [-0.3, -0.25) is 0 Å². The summed E-state index contributed by atoms with van der Waals surface area (Å²) < 4.78 is 4.82. The van der Waals surface area contributed by atoms with Crippen LogP contribution in [0.15, 0.2) is 0 Å². The Morgan fingerprint density at radius 3 is 2.36 bits per heavy atom. The van der Waals surface area contributed by atoms with Crippen LogP contribution in [0.3, 0.4) is 0 Å². The third-order valence-corrected chi connectivity index (χ3v) is 1.47. The molecular weight excluding hydrogens is 144 g/mol. The van der Waals surface area contributed by atoms with E-state index in [0.717, 1.165) is 0 Å². The predicted molar refractivity (Wildman–Crippen MR) is 42.1 cm³/mol. The molecule has 0 heterocycles. The van der Waals surface area contributed by atoms with Crippen LogP contribution in [0.2, 0.25) is 0 Å². The van der Waals surface area contributed by atoms with Crippen molar-refractivity contribution >= 4 is 5.97 Å². The first-order valence-corrected chi connectivity index (χ1v) is 3.83. The highest BCUT2D eigenvalue weighted by molar-refractivity contribution is 5.78. The van der Waals surface area contributed by atoms with Gasteiger partial charge in [-0.05, 0) is 27.2 Å². The van der Waals surface area contributed by atoms with Gasteiger partial charge in [0, 0.05) is 0 Å². The number of carbonyl (C=O) groups excluding carboxylic acids is 1. The summed E-state index contributed by atoms with van der Waals surface area (Å²) in [5.41, 5.74) is -1.33. The largest absolute Gasteiger partial charge is 0.461 e. The highest BCUT2D eigenvalue weighted by Gasteiger charge is 2.30. The fourth-order valence-electron chi connectivity index (χ4n) is 0.485. The Balaban J connectivity index is 4.02. The smallest absolute Gasteiger partial charge is 0.338 e. The minimum absolute atomic E-state index is 0.166. The van der Waals surface area contributed by atoms with Crippen molar-refractivity contribution in [1.82, 2.24) is 0 Å². The van der Waals surface area contributed by atoms with Gasteiger partial charge in [0.2, 0.25) is 0 Å². The van der Waals surface area contributed by atoms with E-state index in [0.29, 0.717) is 6.42 Å². The maximum absolute atomic E-state index is 11.0. The molecule has 1 N–H and O–H groups in total. The molecule has 0 aliphatic rings. The van der Waals surface area contributed by atoms with E-state index in [4.69, 9.17) is 4.74 Å². The van der Waals surface area contributed by atoms with Gasteiger partial charge in [-0.15, -0.1) is 0 Å². The van der Waals surface area contributed by atoms with Crippen LogP contribution < -0.4 is 0 Å². The van der Waals surface area contributed by atoms with Crippen LogP contribution >= 0.6 is 0 Å². The topological polar surface area (TPSA) is 46.5 Å². The Hall–Kier alpha value is -0.570. The monoisotopic (exact) mass is 160 g/mol. The summed E-state index contributed by atoms with van der Waals surface area (Å²) in [4.78, 5) is 11.0. The fourth-order valence-corrected chi connectivity index (χ4v) is 0.485. The lowest BCUT2D eigenvalue weighted by atomic mass is 10.0. The van der Waals surface area contributed by atoms with Crippen LogP contribution in [0.4, 0.5) is 0 Å². The zero-order valence-electron chi connectivity index (χ0n) is 7.55. The highest BCUT2D eigenvalue weighted by Crippen LogP contribution is 2.11. The van der Waals surface area contributed by atoms with E-state index in [1.165, 1.54) is 6.92 Å². The number of hydrogen-bond acceptors (Lipinski definition) is 3. The van der Waals surface area contributed by atoms with Gasteiger partial charge >= 0.3 is 5.97 Å². The Kier molecular flexibility index (Phi) is 3.52. The van der Waals surface area contributed by atoms with Crippen LogP contribution in [0.1, 0.15) is 34.1 Å². The van der Waals surface area contributed by atoms with Crippen LogP contribution in [0.25, 0.3) is 0 Å². The van der Waals surface area contributed by atoms with E-state index < -0.39 is 11.6 Å². The molecule has 0 aromatic rings. The standard InChI is InChI=1S/C8H16O3/c1-5-8(4,10)7(9)11-6(2)3/h6,10H,5H2,1-4H3. The molecule has 0 saturated heterocycles. The number of aliphatic hydroxyl groups is 1. The molecule has 0 saturated carbocycles. The Bertz CT molecular complexity index is 138. The van der Waals surface area contributed by atoms with Gasteiger partial charge in [0.15, 0.2) is 5.60 Å². The summed E-state index contributed by atoms with van der Waals surface area (Å²) in [5.74, 6) is -0.546. The molecule has 0 amide bonds. The third kappa shape index (κ3) is 3.37. The third-order valence-electron chi connectivity index (χ3n) is 1.47. The zero-order chi connectivity index (χ0) is 9.07. The van der Waals surface area contributed by atoms with E-state index in [9.17, 15) is 9.90 Å². The first-order chi connectivity index (χ1) is 4.90. The molecule has 0 spiro atoms. The van der Waals surface area contributed by atoms with Crippen molar-refractivity contribution < 1.29 is 14.6 Å². The molecule has 0 fully saturated rings. The van der Waals surface area contributed by atoms with Crippen molar-refractivity contribution in [2.75, 3.05) is 0 Å². The second-order valence-electron chi connectivity index (χ2n) is 3.08. The summed E-state index contributed by atoms with van der Waals surface area (Å²) in [5, 5.41) is 9.37. The Labute approximate surface area is 67.4 Å².